The molecule has 0 amide bonds. The quantitative estimate of drug-likeness (QED) is 0.728. The van der Waals surface area contributed by atoms with Crippen molar-refractivity contribution in [2.75, 3.05) is 28.2 Å². The maximum atomic E-state index is 3.73. The van der Waals surface area contributed by atoms with Crippen LogP contribution in [-0.2, 0) is 0 Å². The average Bonchev–Trinajstić information content (AvgIpc) is 2.97. The Labute approximate surface area is 171 Å². The lowest BCUT2D eigenvalue weighted by Gasteiger charge is -2.39. The van der Waals surface area contributed by atoms with E-state index in [1.165, 1.54) is 11.1 Å². The van der Waals surface area contributed by atoms with Gasteiger partial charge in [0.25, 0.3) is 0 Å². The molecule has 1 N–H and O–H groups in total. The van der Waals surface area contributed by atoms with Crippen molar-refractivity contribution in [2.45, 2.75) is 44.6 Å². The van der Waals surface area contributed by atoms with Gasteiger partial charge in [0.1, 0.15) is 0 Å². The first-order valence-corrected chi connectivity index (χ1v) is 10.4. The van der Waals surface area contributed by atoms with Gasteiger partial charge in [-0.05, 0) is 31.1 Å². The zero-order chi connectivity index (χ0) is 20.3. The molecule has 3 rings (SSSR count). The molecular weight excluding hydrogens is 344 g/mol. The molecule has 1 aliphatic heterocycles. The van der Waals surface area contributed by atoms with Crippen LogP contribution in [0.25, 0.3) is 0 Å². The van der Waals surface area contributed by atoms with E-state index < -0.39 is 0 Å². The third-order valence-electron chi connectivity index (χ3n) is 6.28. The fraction of sp³-hybridized carbons (Fsp3) is 0.500. The number of rotatable bonds is 7. The van der Waals surface area contributed by atoms with Crippen molar-refractivity contribution >= 4 is 0 Å². The number of nitrogens with zero attached hydrogens (tertiary/aromatic N) is 3. The second-order valence-electron chi connectivity index (χ2n) is 8.39. The summed E-state index contributed by atoms with van der Waals surface area (Å²) in [6, 6.07) is 22.9. The van der Waals surface area contributed by atoms with Crippen molar-refractivity contribution in [1.82, 2.24) is 20.2 Å². The second-order valence-corrected chi connectivity index (χ2v) is 8.39. The van der Waals surface area contributed by atoms with Gasteiger partial charge in [-0.15, -0.1) is 0 Å². The molecule has 2 aromatic carbocycles. The topological polar surface area (TPSA) is 21.8 Å². The summed E-state index contributed by atoms with van der Waals surface area (Å²) in [6.45, 7) is 4.64. The molecule has 28 heavy (non-hydrogen) atoms. The van der Waals surface area contributed by atoms with Crippen LogP contribution in [-0.4, -0.2) is 55.2 Å². The third-order valence-corrected chi connectivity index (χ3v) is 6.28. The minimum Gasteiger partial charge on any atom is -0.281 e. The maximum Gasteiger partial charge on any atom is 0.0803 e. The van der Waals surface area contributed by atoms with Crippen LogP contribution in [0.1, 0.15) is 43.5 Å². The van der Waals surface area contributed by atoms with Crippen molar-refractivity contribution in [3.63, 3.8) is 0 Å². The molecule has 1 heterocycles. The lowest BCUT2D eigenvalue weighted by atomic mass is 9.93. The van der Waals surface area contributed by atoms with Crippen LogP contribution in [0.3, 0.4) is 0 Å². The Balaban J connectivity index is 2.05. The van der Waals surface area contributed by atoms with Gasteiger partial charge in [0.2, 0.25) is 0 Å². The number of benzene rings is 2. The number of nitrogens with one attached hydrogen (secondary N) is 1. The SMILES string of the molecule is CCC(C)[C@@H](NN(C)C)C1N(C)[C@@H](c2ccccc2)[C@H](c2ccccc2)N1C. The molecule has 1 unspecified atom stereocenters. The van der Waals surface area contributed by atoms with Gasteiger partial charge in [-0.2, -0.15) is 0 Å². The van der Waals surface area contributed by atoms with Crippen molar-refractivity contribution in [2.24, 2.45) is 5.92 Å². The maximum absolute atomic E-state index is 3.73. The normalized spacial score (nSPS) is 24.0. The van der Waals surface area contributed by atoms with E-state index in [2.05, 4.69) is 123 Å². The molecule has 1 aliphatic rings. The summed E-state index contributed by atoms with van der Waals surface area (Å²) in [4.78, 5) is 5.14. The lowest BCUT2D eigenvalue weighted by molar-refractivity contribution is 0.0525. The molecule has 1 fully saturated rings. The van der Waals surface area contributed by atoms with Gasteiger partial charge in [-0.25, -0.2) is 5.43 Å². The number of likely N-dealkylation sites (N-methyl/N-ethyl adjacent to an activating group) is 2. The molecule has 4 atom stereocenters. The summed E-state index contributed by atoms with van der Waals surface area (Å²) >= 11 is 0. The fourth-order valence-electron chi connectivity index (χ4n) is 4.74. The van der Waals surface area contributed by atoms with Crippen LogP contribution in [0.15, 0.2) is 60.7 Å². The minimum atomic E-state index is 0.299. The Morgan fingerprint density at radius 2 is 1.29 bits per heavy atom. The van der Waals surface area contributed by atoms with E-state index in [1.54, 1.807) is 0 Å². The molecule has 4 heteroatoms. The van der Waals surface area contributed by atoms with Gasteiger partial charge < -0.3 is 0 Å². The summed E-state index contributed by atoms with van der Waals surface area (Å²) in [6.07, 6.45) is 1.45. The number of hydrogen-bond donors (Lipinski definition) is 1. The van der Waals surface area contributed by atoms with Gasteiger partial charge >= 0.3 is 0 Å². The van der Waals surface area contributed by atoms with Crippen LogP contribution in [0.5, 0.6) is 0 Å². The summed E-state index contributed by atoms with van der Waals surface area (Å²) in [5, 5.41) is 2.10. The predicted molar refractivity (Wildman–Crippen MR) is 118 cm³/mol. The molecule has 0 aliphatic carbocycles. The predicted octanol–water partition coefficient (Wildman–Crippen LogP) is 4.15. The third kappa shape index (κ3) is 4.15. The van der Waals surface area contributed by atoms with Crippen LogP contribution in [0.2, 0.25) is 0 Å². The molecular formula is C24H36N4. The van der Waals surface area contributed by atoms with Gasteiger partial charge in [0, 0.05) is 14.1 Å². The smallest absolute Gasteiger partial charge is 0.0803 e. The summed E-state index contributed by atoms with van der Waals surface area (Å²) < 4.78 is 0. The van der Waals surface area contributed by atoms with E-state index >= 15 is 0 Å². The largest absolute Gasteiger partial charge is 0.281 e. The fourth-order valence-corrected chi connectivity index (χ4v) is 4.74. The van der Waals surface area contributed by atoms with Crippen LogP contribution >= 0.6 is 0 Å². The Bertz CT molecular complexity index is 666. The Hall–Kier alpha value is -1.72. The van der Waals surface area contributed by atoms with Crippen molar-refractivity contribution < 1.29 is 0 Å². The highest BCUT2D eigenvalue weighted by Gasteiger charge is 2.48. The molecule has 2 aromatic rings. The van der Waals surface area contributed by atoms with E-state index in [0.29, 0.717) is 30.2 Å². The molecule has 0 radical (unpaired) electrons. The Kier molecular flexibility index (Phi) is 6.89. The molecule has 0 bridgehead atoms. The first kappa shape index (κ1) is 21.0. The van der Waals surface area contributed by atoms with Gasteiger partial charge in [-0.1, -0.05) is 80.9 Å². The lowest BCUT2D eigenvalue weighted by Crippen LogP contribution is -2.57. The molecule has 0 aromatic heterocycles. The molecule has 152 valence electrons. The summed E-state index contributed by atoms with van der Waals surface area (Å²) in [5.74, 6) is 0.559. The van der Waals surface area contributed by atoms with Crippen LogP contribution in [0, 0.1) is 5.92 Å². The van der Waals surface area contributed by atoms with E-state index in [1.807, 2.05) is 0 Å². The standard InChI is InChI=1S/C24H36N4/c1-7-18(2)21(25-26(3)4)24-27(5)22(19-14-10-8-11-15-19)23(28(24)6)20-16-12-9-13-17-20/h8-18,21-25H,7H2,1-6H3/t18?,21-,22+,23+/m1/s1. The monoisotopic (exact) mass is 380 g/mol. The molecule has 0 saturated carbocycles. The second kappa shape index (κ2) is 9.19. The first-order valence-electron chi connectivity index (χ1n) is 10.4. The number of hydrogen-bond acceptors (Lipinski definition) is 4. The minimum absolute atomic E-state index is 0.299. The molecule has 4 nitrogen and oxygen atoms in total. The summed E-state index contributed by atoms with van der Waals surface area (Å²) in [5.41, 5.74) is 6.48. The molecule has 0 spiro atoms. The Morgan fingerprint density at radius 3 is 1.64 bits per heavy atom. The Morgan fingerprint density at radius 1 is 0.857 bits per heavy atom. The van der Waals surface area contributed by atoms with Crippen molar-refractivity contribution in [3.05, 3.63) is 71.8 Å². The van der Waals surface area contributed by atoms with Gasteiger partial charge in [0.05, 0.1) is 24.3 Å². The van der Waals surface area contributed by atoms with Gasteiger partial charge in [0.15, 0.2) is 0 Å². The first-order chi connectivity index (χ1) is 13.5. The highest BCUT2D eigenvalue weighted by Crippen LogP contribution is 2.46. The molecule has 1 saturated heterocycles. The van der Waals surface area contributed by atoms with Crippen molar-refractivity contribution in [3.8, 4) is 0 Å². The highest BCUT2D eigenvalue weighted by atomic mass is 15.5. The summed E-state index contributed by atoms with van der Waals surface area (Å²) in [7, 11) is 8.75. The number of hydrazine groups is 1. The van der Waals surface area contributed by atoms with E-state index in [4.69, 9.17) is 0 Å². The zero-order valence-corrected chi connectivity index (χ0v) is 18.2. The van der Waals surface area contributed by atoms with Crippen LogP contribution in [0.4, 0.5) is 0 Å². The van der Waals surface area contributed by atoms with Crippen molar-refractivity contribution in [1.29, 1.82) is 0 Å². The van der Waals surface area contributed by atoms with E-state index in [9.17, 15) is 0 Å². The van der Waals surface area contributed by atoms with E-state index in [-0.39, 0.29) is 0 Å². The highest BCUT2D eigenvalue weighted by molar-refractivity contribution is 5.30. The zero-order valence-electron chi connectivity index (χ0n) is 18.2. The van der Waals surface area contributed by atoms with Crippen LogP contribution < -0.4 is 5.43 Å². The average molecular weight is 381 g/mol. The van der Waals surface area contributed by atoms with Gasteiger partial charge in [-0.3, -0.25) is 14.8 Å². The van der Waals surface area contributed by atoms with E-state index in [0.717, 1.165) is 6.42 Å².